The molecule has 176 valence electrons. The Hall–Kier alpha value is -1.42. The van der Waals surface area contributed by atoms with Crippen molar-refractivity contribution >= 4 is 64.5 Å². The molecule has 0 N–H and O–H groups in total. The summed E-state index contributed by atoms with van der Waals surface area (Å²) in [5, 5.41) is 0.864. The summed E-state index contributed by atoms with van der Waals surface area (Å²) in [5.74, 6) is 0. The van der Waals surface area contributed by atoms with Gasteiger partial charge in [0.2, 0.25) is 0 Å². The third-order valence-electron chi connectivity index (χ3n) is 6.08. The van der Waals surface area contributed by atoms with E-state index in [1.165, 1.54) is 16.1 Å². The van der Waals surface area contributed by atoms with E-state index >= 15 is 0 Å². The lowest BCUT2D eigenvalue weighted by atomic mass is 10.1. The van der Waals surface area contributed by atoms with Crippen molar-refractivity contribution in [2.45, 2.75) is 19.5 Å². The summed E-state index contributed by atoms with van der Waals surface area (Å²) in [6.45, 7) is 7.53. The van der Waals surface area contributed by atoms with Gasteiger partial charge in [0, 0.05) is 75.3 Å². The first-order chi connectivity index (χ1) is 14.2. The van der Waals surface area contributed by atoms with E-state index < -0.39 is 0 Å². The number of halogens is 3. The molecule has 0 saturated carbocycles. The predicted molar refractivity (Wildman–Crippen MR) is 139 cm³/mol. The lowest BCUT2D eigenvalue weighted by molar-refractivity contribution is 0.247. The molecule has 3 aromatic heterocycles. The van der Waals surface area contributed by atoms with Gasteiger partial charge in [-0.05, 0) is 31.2 Å². The molecule has 1 fully saturated rings. The summed E-state index contributed by atoms with van der Waals surface area (Å²) in [6, 6.07) is 4.13. The van der Waals surface area contributed by atoms with E-state index in [-0.39, 0.29) is 42.8 Å². The molecule has 0 radical (unpaired) electrons. The van der Waals surface area contributed by atoms with Crippen LogP contribution in [0.5, 0.6) is 0 Å². The molecule has 0 atom stereocenters. The molecule has 32 heavy (non-hydrogen) atoms. The first kappa shape index (κ1) is 26.8. The fraction of sp³-hybridized carbons (Fsp3) is 0.476. The van der Waals surface area contributed by atoms with E-state index in [1.807, 2.05) is 17.0 Å². The number of hydrogen-bond donors (Lipinski definition) is 0. The van der Waals surface area contributed by atoms with Crippen LogP contribution in [-0.2, 0) is 19.5 Å². The second-order valence-electron chi connectivity index (χ2n) is 7.95. The van der Waals surface area contributed by atoms with Crippen molar-refractivity contribution < 1.29 is 0 Å². The van der Waals surface area contributed by atoms with Gasteiger partial charge in [-0.25, -0.2) is 4.98 Å². The zero-order chi connectivity index (χ0) is 19.8. The van der Waals surface area contributed by atoms with E-state index in [0.29, 0.717) is 6.54 Å². The normalized spacial score (nSPS) is 16.6. The number of likely N-dealkylation sites (N-methyl/N-ethyl adjacent to an activating group) is 1. The van der Waals surface area contributed by atoms with Crippen LogP contribution in [0.2, 0.25) is 0 Å². The molecule has 0 aliphatic carbocycles. The first-order valence-corrected chi connectivity index (χ1v) is 11.1. The van der Waals surface area contributed by atoms with Crippen molar-refractivity contribution in [3.63, 3.8) is 0 Å². The third kappa shape index (κ3) is 5.38. The van der Waals surface area contributed by atoms with Gasteiger partial charge in [0.25, 0.3) is 5.56 Å². The summed E-state index contributed by atoms with van der Waals surface area (Å²) in [4.78, 5) is 31.2. The SMILES string of the molecule is CN1CCc2c(sc3ncn(CCN4CCN(c5ccncc5)CC4)c(=O)c23)C1.Cl.Cl.Cl. The number of pyridine rings is 1. The van der Waals surface area contributed by atoms with Crippen molar-refractivity contribution in [2.75, 3.05) is 51.2 Å². The molecule has 7 nitrogen and oxygen atoms in total. The highest BCUT2D eigenvalue weighted by Gasteiger charge is 2.22. The van der Waals surface area contributed by atoms with E-state index in [0.717, 1.165) is 62.5 Å². The molecule has 5 heterocycles. The molecule has 0 spiro atoms. The van der Waals surface area contributed by atoms with Crippen LogP contribution in [0.25, 0.3) is 10.2 Å². The van der Waals surface area contributed by atoms with Gasteiger partial charge in [0.15, 0.2) is 0 Å². The minimum Gasteiger partial charge on any atom is -0.369 e. The third-order valence-corrected chi connectivity index (χ3v) is 7.20. The van der Waals surface area contributed by atoms with Gasteiger partial charge >= 0.3 is 0 Å². The van der Waals surface area contributed by atoms with Crippen LogP contribution in [0.15, 0.2) is 35.6 Å². The van der Waals surface area contributed by atoms with Crippen LogP contribution in [0.3, 0.4) is 0 Å². The summed E-state index contributed by atoms with van der Waals surface area (Å²) in [7, 11) is 2.13. The van der Waals surface area contributed by atoms with Crippen molar-refractivity contribution in [1.29, 1.82) is 0 Å². The zero-order valence-electron chi connectivity index (χ0n) is 18.0. The maximum atomic E-state index is 13.1. The Morgan fingerprint density at radius 1 is 1.00 bits per heavy atom. The summed E-state index contributed by atoms with van der Waals surface area (Å²) >= 11 is 1.68. The van der Waals surface area contributed by atoms with Crippen molar-refractivity contribution in [2.24, 2.45) is 0 Å². The van der Waals surface area contributed by atoms with Crippen molar-refractivity contribution in [3.05, 3.63) is 51.6 Å². The van der Waals surface area contributed by atoms with Crippen molar-refractivity contribution in [3.8, 4) is 0 Å². The number of nitrogens with zero attached hydrogens (tertiary/aromatic N) is 6. The topological polar surface area (TPSA) is 57.5 Å². The lowest BCUT2D eigenvalue weighted by Crippen LogP contribution is -2.47. The first-order valence-electron chi connectivity index (χ1n) is 10.2. The molecule has 0 bridgehead atoms. The fourth-order valence-electron chi connectivity index (χ4n) is 4.34. The molecule has 1 saturated heterocycles. The second-order valence-corrected chi connectivity index (χ2v) is 9.03. The average molecular weight is 520 g/mol. The highest BCUT2D eigenvalue weighted by atomic mass is 35.5. The highest BCUT2D eigenvalue weighted by Crippen LogP contribution is 2.31. The molecule has 2 aliphatic heterocycles. The number of aromatic nitrogens is 3. The zero-order valence-corrected chi connectivity index (χ0v) is 21.2. The summed E-state index contributed by atoms with van der Waals surface area (Å²) < 4.78 is 1.81. The molecular weight excluding hydrogens is 491 g/mol. The highest BCUT2D eigenvalue weighted by molar-refractivity contribution is 7.18. The van der Waals surface area contributed by atoms with Crippen LogP contribution in [0.1, 0.15) is 10.4 Å². The van der Waals surface area contributed by atoms with Gasteiger partial charge in [-0.2, -0.15) is 0 Å². The van der Waals surface area contributed by atoms with Gasteiger partial charge < -0.3 is 9.80 Å². The standard InChI is InChI=1S/C21H26N6OS.3ClH/c1-24-7-4-17-18(14-24)29-20-19(17)21(28)27(15-23-20)13-10-25-8-11-26(12-9-25)16-2-5-22-6-3-16;;;/h2-3,5-6,15H,4,7-14H2,1H3;3*1H. The van der Waals surface area contributed by atoms with E-state index in [1.54, 1.807) is 17.7 Å². The monoisotopic (exact) mass is 518 g/mol. The van der Waals surface area contributed by atoms with Crippen LogP contribution in [0.4, 0.5) is 5.69 Å². The maximum Gasteiger partial charge on any atom is 0.262 e. The molecule has 0 unspecified atom stereocenters. The number of rotatable bonds is 4. The molecule has 11 heteroatoms. The molecule has 3 aromatic rings. The van der Waals surface area contributed by atoms with E-state index in [2.05, 4.69) is 43.8 Å². The van der Waals surface area contributed by atoms with Crippen LogP contribution in [0, 0.1) is 0 Å². The molecule has 0 amide bonds. The number of thiophene rings is 1. The average Bonchev–Trinajstić information content (AvgIpc) is 3.12. The minimum absolute atomic E-state index is 0. The Bertz CT molecular complexity index is 1070. The van der Waals surface area contributed by atoms with E-state index in [4.69, 9.17) is 0 Å². The quantitative estimate of drug-likeness (QED) is 0.528. The van der Waals surface area contributed by atoms with Crippen molar-refractivity contribution in [1.82, 2.24) is 24.3 Å². The van der Waals surface area contributed by atoms with Gasteiger partial charge in [0.05, 0.1) is 11.7 Å². The van der Waals surface area contributed by atoms with Crippen LogP contribution in [-0.4, -0.2) is 70.7 Å². The predicted octanol–water partition coefficient (Wildman–Crippen LogP) is 2.93. The number of piperazine rings is 1. The smallest absolute Gasteiger partial charge is 0.262 e. The Kier molecular flexibility index (Phi) is 9.75. The van der Waals surface area contributed by atoms with Crippen LogP contribution < -0.4 is 10.5 Å². The Balaban J connectivity index is 0.00000121. The fourth-order valence-corrected chi connectivity index (χ4v) is 5.60. The molecular formula is C21H29Cl3N6OS. The summed E-state index contributed by atoms with van der Waals surface area (Å²) in [5.41, 5.74) is 2.60. The lowest BCUT2D eigenvalue weighted by Gasteiger charge is -2.36. The molecule has 5 rings (SSSR count). The number of fused-ring (bicyclic) bond motifs is 3. The Labute approximate surface area is 210 Å². The van der Waals surface area contributed by atoms with Gasteiger partial charge in [-0.15, -0.1) is 48.6 Å². The van der Waals surface area contributed by atoms with Gasteiger partial charge in [-0.3, -0.25) is 19.2 Å². The molecule has 0 aromatic carbocycles. The van der Waals surface area contributed by atoms with Gasteiger partial charge in [-0.1, -0.05) is 0 Å². The van der Waals surface area contributed by atoms with Crippen LogP contribution >= 0.6 is 48.6 Å². The maximum absolute atomic E-state index is 13.1. The van der Waals surface area contributed by atoms with E-state index in [9.17, 15) is 4.79 Å². The largest absolute Gasteiger partial charge is 0.369 e. The molecule has 2 aliphatic rings. The Morgan fingerprint density at radius 2 is 1.72 bits per heavy atom. The Morgan fingerprint density at radius 3 is 2.44 bits per heavy atom. The second kappa shape index (κ2) is 11.6. The number of anilines is 1. The van der Waals surface area contributed by atoms with Gasteiger partial charge in [0.1, 0.15) is 4.83 Å². The number of hydrogen-bond acceptors (Lipinski definition) is 7. The summed E-state index contributed by atoms with van der Waals surface area (Å²) in [6.07, 6.45) is 6.38. The minimum atomic E-state index is 0.